The molecule has 1 saturated heterocycles. The zero-order valence-corrected chi connectivity index (χ0v) is 12.0. The Kier molecular flexibility index (Phi) is 3.22. The summed E-state index contributed by atoms with van der Waals surface area (Å²) in [4.78, 5) is 0. The number of halogens is 2. The summed E-state index contributed by atoms with van der Waals surface area (Å²) in [5.74, 6) is 0.229. The van der Waals surface area contributed by atoms with E-state index in [-0.39, 0.29) is 11.2 Å². The highest BCUT2D eigenvalue weighted by molar-refractivity contribution is 6.33. The molecule has 1 aromatic carbocycles. The molecule has 0 spiro atoms. The van der Waals surface area contributed by atoms with Gasteiger partial charge in [-0.15, -0.1) is 0 Å². The number of ether oxygens (including phenoxy) is 1. The Morgan fingerprint density at radius 3 is 2.95 bits per heavy atom. The molecule has 104 valence electrons. The molecule has 2 nitrogen and oxygen atoms in total. The van der Waals surface area contributed by atoms with Crippen LogP contribution in [0, 0.1) is 17.2 Å². The standard InChI is InChI=1S/C15H19ClFNO/c1-15(2)13(10-4-3-7-19-14(10)15)18-12-6-5-9(17)8-11(12)16/h5-6,8,10,13-14,18H,3-4,7H2,1-2H3. The lowest BCUT2D eigenvalue weighted by Crippen LogP contribution is -2.67. The Labute approximate surface area is 118 Å². The molecule has 4 heteroatoms. The van der Waals surface area contributed by atoms with Crippen LogP contribution in [-0.4, -0.2) is 18.8 Å². The maximum atomic E-state index is 13.1. The second kappa shape index (κ2) is 4.64. The van der Waals surface area contributed by atoms with E-state index in [0.29, 0.717) is 23.1 Å². The molecule has 1 saturated carbocycles. The van der Waals surface area contributed by atoms with E-state index >= 15 is 0 Å². The van der Waals surface area contributed by atoms with Crippen molar-refractivity contribution >= 4 is 17.3 Å². The third-order valence-corrected chi connectivity index (χ3v) is 4.89. The lowest BCUT2D eigenvalue weighted by Gasteiger charge is -2.60. The number of nitrogens with one attached hydrogen (secondary N) is 1. The number of hydrogen-bond acceptors (Lipinski definition) is 2. The molecule has 0 bridgehead atoms. The topological polar surface area (TPSA) is 21.3 Å². The van der Waals surface area contributed by atoms with Crippen LogP contribution < -0.4 is 5.32 Å². The molecule has 19 heavy (non-hydrogen) atoms. The third kappa shape index (κ3) is 2.13. The fraction of sp³-hybridized carbons (Fsp3) is 0.600. The molecule has 3 rings (SSSR count). The summed E-state index contributed by atoms with van der Waals surface area (Å²) in [6.45, 7) is 5.30. The second-order valence-electron chi connectivity index (χ2n) is 6.17. The number of anilines is 1. The first-order valence-corrected chi connectivity index (χ1v) is 7.21. The maximum absolute atomic E-state index is 13.1. The SMILES string of the molecule is CC1(C)C(Nc2ccc(F)cc2Cl)C2CCCOC21. The normalized spacial score (nSPS) is 32.3. The van der Waals surface area contributed by atoms with Crippen molar-refractivity contribution in [2.45, 2.75) is 38.8 Å². The van der Waals surface area contributed by atoms with Gasteiger partial charge < -0.3 is 10.1 Å². The highest BCUT2D eigenvalue weighted by Crippen LogP contribution is 2.52. The summed E-state index contributed by atoms with van der Waals surface area (Å²) < 4.78 is 18.9. The van der Waals surface area contributed by atoms with Crippen LogP contribution in [0.1, 0.15) is 26.7 Å². The van der Waals surface area contributed by atoms with E-state index in [4.69, 9.17) is 16.3 Å². The summed E-state index contributed by atoms with van der Waals surface area (Å²) in [7, 11) is 0. The number of fused-ring (bicyclic) bond motifs is 1. The van der Waals surface area contributed by atoms with Crippen molar-refractivity contribution < 1.29 is 9.13 Å². The molecule has 2 aliphatic rings. The van der Waals surface area contributed by atoms with Crippen LogP contribution >= 0.6 is 11.6 Å². The van der Waals surface area contributed by atoms with Crippen molar-refractivity contribution in [3.05, 3.63) is 29.0 Å². The van der Waals surface area contributed by atoms with Gasteiger partial charge in [0.2, 0.25) is 0 Å². The molecule has 1 N–H and O–H groups in total. The van der Waals surface area contributed by atoms with Crippen LogP contribution in [0.2, 0.25) is 5.02 Å². The molecule has 0 radical (unpaired) electrons. The molecular formula is C15H19ClFNO. The van der Waals surface area contributed by atoms with Crippen LogP contribution in [0.15, 0.2) is 18.2 Å². The summed E-state index contributed by atoms with van der Waals surface area (Å²) in [5, 5.41) is 3.93. The lowest BCUT2D eigenvalue weighted by atomic mass is 9.55. The summed E-state index contributed by atoms with van der Waals surface area (Å²) >= 11 is 6.09. The van der Waals surface area contributed by atoms with Crippen molar-refractivity contribution in [1.82, 2.24) is 0 Å². The van der Waals surface area contributed by atoms with Crippen LogP contribution in [0.4, 0.5) is 10.1 Å². The minimum absolute atomic E-state index is 0.0861. The van der Waals surface area contributed by atoms with E-state index in [2.05, 4.69) is 19.2 Å². The Hall–Kier alpha value is -0.800. The van der Waals surface area contributed by atoms with Crippen LogP contribution in [0.25, 0.3) is 0 Å². The summed E-state index contributed by atoms with van der Waals surface area (Å²) in [5.41, 5.74) is 0.896. The Bertz CT molecular complexity index is 491. The minimum atomic E-state index is -0.303. The van der Waals surface area contributed by atoms with Gasteiger partial charge in [-0.3, -0.25) is 0 Å². The summed E-state index contributed by atoms with van der Waals surface area (Å²) in [6, 6.07) is 4.84. The average Bonchev–Trinajstić information content (AvgIpc) is 2.37. The van der Waals surface area contributed by atoms with Crippen molar-refractivity contribution in [3.63, 3.8) is 0 Å². The first-order chi connectivity index (χ1) is 9.00. The van der Waals surface area contributed by atoms with Gasteiger partial charge in [-0.2, -0.15) is 0 Å². The van der Waals surface area contributed by atoms with Gasteiger partial charge in [-0.1, -0.05) is 25.4 Å². The van der Waals surface area contributed by atoms with Crippen LogP contribution in [-0.2, 0) is 4.74 Å². The highest BCUT2D eigenvalue weighted by atomic mass is 35.5. The predicted octanol–water partition coefficient (Wildman–Crippen LogP) is 4.09. The molecule has 3 unspecified atom stereocenters. The molecule has 1 aromatic rings. The first-order valence-electron chi connectivity index (χ1n) is 6.83. The molecule has 2 fully saturated rings. The van der Waals surface area contributed by atoms with Crippen LogP contribution in [0.5, 0.6) is 0 Å². The number of benzene rings is 1. The fourth-order valence-electron chi connectivity index (χ4n) is 3.59. The average molecular weight is 284 g/mol. The van der Waals surface area contributed by atoms with Crippen LogP contribution in [0.3, 0.4) is 0 Å². The van der Waals surface area contributed by atoms with E-state index in [1.807, 2.05) is 0 Å². The van der Waals surface area contributed by atoms with E-state index in [0.717, 1.165) is 18.7 Å². The zero-order valence-electron chi connectivity index (χ0n) is 11.2. The Morgan fingerprint density at radius 1 is 1.42 bits per heavy atom. The van der Waals surface area contributed by atoms with Gasteiger partial charge in [0.1, 0.15) is 5.82 Å². The number of rotatable bonds is 2. The van der Waals surface area contributed by atoms with Gasteiger partial charge in [0.25, 0.3) is 0 Å². The van der Waals surface area contributed by atoms with E-state index in [1.54, 1.807) is 6.07 Å². The summed E-state index contributed by atoms with van der Waals surface area (Å²) in [6.07, 6.45) is 2.63. The first kappa shape index (κ1) is 13.2. The van der Waals surface area contributed by atoms with Gasteiger partial charge in [0.05, 0.1) is 16.8 Å². The Balaban J connectivity index is 1.79. The van der Waals surface area contributed by atoms with E-state index < -0.39 is 0 Å². The third-order valence-electron chi connectivity index (χ3n) is 4.57. The second-order valence-corrected chi connectivity index (χ2v) is 6.57. The highest BCUT2D eigenvalue weighted by Gasteiger charge is 2.57. The molecule has 3 atom stereocenters. The largest absolute Gasteiger partial charge is 0.380 e. The molecular weight excluding hydrogens is 265 g/mol. The molecule has 1 aliphatic heterocycles. The van der Waals surface area contributed by atoms with Crippen molar-refractivity contribution in [2.75, 3.05) is 11.9 Å². The lowest BCUT2D eigenvalue weighted by molar-refractivity contribution is -0.177. The van der Waals surface area contributed by atoms with Gasteiger partial charge in [-0.25, -0.2) is 4.39 Å². The van der Waals surface area contributed by atoms with Gasteiger partial charge in [0.15, 0.2) is 0 Å². The zero-order chi connectivity index (χ0) is 13.6. The maximum Gasteiger partial charge on any atom is 0.124 e. The minimum Gasteiger partial charge on any atom is -0.380 e. The fourth-order valence-corrected chi connectivity index (χ4v) is 3.81. The van der Waals surface area contributed by atoms with E-state index in [1.165, 1.54) is 18.6 Å². The molecule has 1 heterocycles. The number of hydrogen-bond donors (Lipinski definition) is 1. The van der Waals surface area contributed by atoms with Gasteiger partial charge in [0, 0.05) is 24.0 Å². The predicted molar refractivity (Wildman–Crippen MR) is 75.1 cm³/mol. The van der Waals surface area contributed by atoms with Crippen molar-refractivity contribution in [1.29, 1.82) is 0 Å². The monoisotopic (exact) mass is 283 g/mol. The van der Waals surface area contributed by atoms with E-state index in [9.17, 15) is 4.39 Å². The van der Waals surface area contributed by atoms with Crippen molar-refractivity contribution in [2.24, 2.45) is 11.3 Å². The van der Waals surface area contributed by atoms with Gasteiger partial charge in [-0.05, 0) is 31.0 Å². The quantitative estimate of drug-likeness (QED) is 0.882. The molecule has 0 aromatic heterocycles. The Morgan fingerprint density at radius 2 is 2.21 bits per heavy atom. The smallest absolute Gasteiger partial charge is 0.124 e. The molecule has 1 aliphatic carbocycles. The van der Waals surface area contributed by atoms with Gasteiger partial charge >= 0.3 is 0 Å². The molecule has 0 amide bonds. The van der Waals surface area contributed by atoms with Crippen molar-refractivity contribution in [3.8, 4) is 0 Å².